The fourth-order valence-electron chi connectivity index (χ4n) is 7.01. The molecule has 1 aromatic rings. The summed E-state index contributed by atoms with van der Waals surface area (Å²) in [5.74, 6) is 2.35. The summed E-state index contributed by atoms with van der Waals surface area (Å²) in [6.07, 6.45) is 11.5. The van der Waals surface area contributed by atoms with Crippen LogP contribution in [0.15, 0.2) is 53.6 Å². The molecule has 0 aliphatic heterocycles. The van der Waals surface area contributed by atoms with Gasteiger partial charge in [0.15, 0.2) is 0 Å². The molecule has 0 spiro atoms. The van der Waals surface area contributed by atoms with Crippen LogP contribution in [0, 0.1) is 28.6 Å². The third-order valence-electron chi connectivity index (χ3n) is 8.80. The van der Waals surface area contributed by atoms with Crippen LogP contribution < -0.4 is 5.32 Å². The van der Waals surface area contributed by atoms with Crippen molar-refractivity contribution in [3.05, 3.63) is 53.6 Å². The average molecular weight is 390 g/mol. The second-order valence-corrected chi connectivity index (χ2v) is 10.1. The summed E-state index contributed by atoms with van der Waals surface area (Å²) in [6, 6.07) is 9.69. The fraction of sp³-hybridized carbons (Fsp3) is 0.538. The molecular formula is C26H31NO2. The van der Waals surface area contributed by atoms with E-state index in [2.05, 4.69) is 31.3 Å². The van der Waals surface area contributed by atoms with Crippen molar-refractivity contribution in [3.63, 3.8) is 0 Å². The van der Waals surface area contributed by atoms with E-state index in [1.807, 2.05) is 30.3 Å². The molecular weight excluding hydrogens is 358 g/mol. The molecule has 152 valence electrons. The number of rotatable bonds is 2. The molecule has 5 rings (SSSR count). The monoisotopic (exact) mass is 389 g/mol. The third kappa shape index (κ3) is 2.85. The maximum absolute atomic E-state index is 12.8. The quantitative estimate of drug-likeness (QED) is 0.706. The van der Waals surface area contributed by atoms with E-state index in [4.69, 9.17) is 0 Å². The molecule has 2 saturated carbocycles. The SMILES string of the molecule is C[C@]12CCC(C(=O)Nc3ccccc3)=CC1=CC[C@@H]1[C@@H]2CC[C@]2(C)C(=O)CC[C@@H]12. The molecule has 0 bridgehead atoms. The highest BCUT2D eigenvalue weighted by atomic mass is 16.1. The number of nitrogens with one attached hydrogen (secondary N) is 1. The maximum Gasteiger partial charge on any atom is 0.251 e. The summed E-state index contributed by atoms with van der Waals surface area (Å²) < 4.78 is 0. The van der Waals surface area contributed by atoms with Gasteiger partial charge in [-0.25, -0.2) is 0 Å². The number of hydrogen-bond donors (Lipinski definition) is 1. The Morgan fingerprint density at radius 1 is 1.00 bits per heavy atom. The van der Waals surface area contributed by atoms with Crippen LogP contribution in [0.25, 0.3) is 0 Å². The number of benzene rings is 1. The minimum absolute atomic E-state index is 0.0267. The van der Waals surface area contributed by atoms with Gasteiger partial charge in [-0.15, -0.1) is 0 Å². The number of para-hydroxylation sites is 1. The van der Waals surface area contributed by atoms with Gasteiger partial charge < -0.3 is 5.32 Å². The van der Waals surface area contributed by atoms with Crippen molar-refractivity contribution in [2.45, 2.75) is 58.8 Å². The Morgan fingerprint density at radius 3 is 2.55 bits per heavy atom. The summed E-state index contributed by atoms with van der Waals surface area (Å²) in [4.78, 5) is 25.4. The molecule has 0 aromatic heterocycles. The van der Waals surface area contributed by atoms with E-state index in [0.717, 1.165) is 56.2 Å². The Hall–Kier alpha value is -2.16. The van der Waals surface area contributed by atoms with E-state index in [1.165, 1.54) is 5.57 Å². The van der Waals surface area contributed by atoms with Crippen LogP contribution in [0.4, 0.5) is 5.69 Å². The Morgan fingerprint density at radius 2 is 1.76 bits per heavy atom. The maximum atomic E-state index is 12.8. The first-order valence-electron chi connectivity index (χ1n) is 11.2. The zero-order valence-electron chi connectivity index (χ0n) is 17.5. The standard InChI is InChI=1S/C26H31NO2/c1-25-14-12-17(24(29)27-19-6-4-3-5-7-19)16-18(25)8-9-20-21-10-11-23(28)26(21,2)15-13-22(20)25/h3-8,16,20-22H,9-15H2,1-2H3,(H,27,29)/t20-,21-,22-,25-,26-/m0/s1. The molecule has 4 aliphatic carbocycles. The summed E-state index contributed by atoms with van der Waals surface area (Å²) >= 11 is 0. The van der Waals surface area contributed by atoms with Crippen LogP contribution in [0.5, 0.6) is 0 Å². The van der Waals surface area contributed by atoms with Crippen LogP contribution in [-0.2, 0) is 9.59 Å². The zero-order chi connectivity index (χ0) is 20.2. The predicted molar refractivity (Wildman–Crippen MR) is 115 cm³/mol. The number of hydrogen-bond acceptors (Lipinski definition) is 2. The highest BCUT2D eigenvalue weighted by molar-refractivity contribution is 6.04. The van der Waals surface area contributed by atoms with E-state index in [9.17, 15) is 9.59 Å². The Bertz CT molecular complexity index is 914. The topological polar surface area (TPSA) is 46.2 Å². The number of amides is 1. The number of anilines is 1. The average Bonchev–Trinajstić information content (AvgIpc) is 3.03. The van der Waals surface area contributed by atoms with Crippen LogP contribution >= 0.6 is 0 Å². The lowest BCUT2D eigenvalue weighted by molar-refractivity contribution is -0.131. The van der Waals surface area contributed by atoms with Gasteiger partial charge in [-0.3, -0.25) is 9.59 Å². The van der Waals surface area contributed by atoms with Gasteiger partial charge in [0, 0.05) is 23.1 Å². The van der Waals surface area contributed by atoms with Gasteiger partial charge in [-0.05, 0) is 79.4 Å². The van der Waals surface area contributed by atoms with Crippen molar-refractivity contribution < 1.29 is 9.59 Å². The molecule has 2 fully saturated rings. The van der Waals surface area contributed by atoms with Crippen molar-refractivity contribution in [2.75, 3.05) is 5.32 Å². The molecule has 1 N–H and O–H groups in total. The smallest absolute Gasteiger partial charge is 0.251 e. The molecule has 29 heavy (non-hydrogen) atoms. The second kappa shape index (κ2) is 6.68. The number of ketones is 1. The number of carbonyl (C=O) groups excluding carboxylic acids is 2. The zero-order valence-corrected chi connectivity index (χ0v) is 17.5. The molecule has 0 heterocycles. The largest absolute Gasteiger partial charge is 0.322 e. The number of fused-ring (bicyclic) bond motifs is 5. The van der Waals surface area contributed by atoms with Crippen molar-refractivity contribution in [2.24, 2.45) is 28.6 Å². The molecule has 1 amide bonds. The number of Topliss-reactive ketones (excluding diaryl/α,β-unsaturated/α-hetero) is 1. The van der Waals surface area contributed by atoms with E-state index >= 15 is 0 Å². The van der Waals surface area contributed by atoms with Crippen LogP contribution in [0.2, 0.25) is 0 Å². The Labute approximate surface area is 173 Å². The van der Waals surface area contributed by atoms with E-state index < -0.39 is 0 Å². The third-order valence-corrected chi connectivity index (χ3v) is 8.80. The Balaban J connectivity index is 1.40. The van der Waals surface area contributed by atoms with Gasteiger partial charge in [0.1, 0.15) is 5.78 Å². The molecule has 0 radical (unpaired) electrons. The molecule has 0 unspecified atom stereocenters. The van der Waals surface area contributed by atoms with Gasteiger partial charge in [0.2, 0.25) is 0 Å². The van der Waals surface area contributed by atoms with Gasteiger partial charge in [0.25, 0.3) is 5.91 Å². The molecule has 1 aromatic carbocycles. The van der Waals surface area contributed by atoms with Crippen molar-refractivity contribution in [3.8, 4) is 0 Å². The Kier molecular flexibility index (Phi) is 4.34. The summed E-state index contributed by atoms with van der Waals surface area (Å²) in [5.41, 5.74) is 3.17. The first-order chi connectivity index (χ1) is 13.9. The van der Waals surface area contributed by atoms with Crippen molar-refractivity contribution >= 4 is 17.4 Å². The van der Waals surface area contributed by atoms with Crippen LogP contribution in [0.3, 0.4) is 0 Å². The summed E-state index contributed by atoms with van der Waals surface area (Å²) in [5, 5.41) is 3.04. The van der Waals surface area contributed by atoms with E-state index in [-0.39, 0.29) is 16.7 Å². The van der Waals surface area contributed by atoms with Gasteiger partial charge in [-0.1, -0.05) is 44.2 Å². The van der Waals surface area contributed by atoms with Gasteiger partial charge in [0.05, 0.1) is 0 Å². The lowest BCUT2D eigenvalue weighted by Crippen LogP contribution is -2.49. The first-order valence-corrected chi connectivity index (χ1v) is 11.2. The molecule has 0 saturated heterocycles. The second-order valence-electron chi connectivity index (χ2n) is 10.1. The molecule has 5 atom stereocenters. The van der Waals surface area contributed by atoms with Crippen LogP contribution in [0.1, 0.15) is 58.8 Å². The molecule has 3 nitrogen and oxygen atoms in total. The summed E-state index contributed by atoms with van der Waals surface area (Å²) in [7, 11) is 0. The predicted octanol–water partition coefficient (Wildman–Crippen LogP) is 5.69. The number of allylic oxidation sites excluding steroid dienone is 3. The number of carbonyl (C=O) groups is 2. The normalized spacial score (nSPS) is 38.3. The minimum Gasteiger partial charge on any atom is -0.322 e. The van der Waals surface area contributed by atoms with Crippen molar-refractivity contribution in [1.29, 1.82) is 0 Å². The summed E-state index contributed by atoms with van der Waals surface area (Å²) in [6.45, 7) is 4.65. The fourth-order valence-corrected chi connectivity index (χ4v) is 7.01. The van der Waals surface area contributed by atoms with Gasteiger partial charge in [-0.2, -0.15) is 0 Å². The van der Waals surface area contributed by atoms with E-state index in [0.29, 0.717) is 23.5 Å². The highest BCUT2D eigenvalue weighted by Gasteiger charge is 2.58. The lowest BCUT2D eigenvalue weighted by Gasteiger charge is -2.55. The first kappa shape index (κ1) is 18.8. The molecule has 3 heteroatoms. The van der Waals surface area contributed by atoms with Gasteiger partial charge >= 0.3 is 0 Å². The van der Waals surface area contributed by atoms with Crippen LogP contribution in [-0.4, -0.2) is 11.7 Å². The van der Waals surface area contributed by atoms with Crippen molar-refractivity contribution in [1.82, 2.24) is 0 Å². The highest BCUT2D eigenvalue weighted by Crippen LogP contribution is 2.63. The minimum atomic E-state index is -0.0753. The lowest BCUT2D eigenvalue weighted by atomic mass is 9.48. The molecule has 4 aliphatic rings. The van der Waals surface area contributed by atoms with E-state index in [1.54, 1.807) is 0 Å².